The highest BCUT2D eigenvalue weighted by Gasteiger charge is 2.28. The summed E-state index contributed by atoms with van der Waals surface area (Å²) in [5, 5.41) is 18.3. The Kier molecular flexibility index (Phi) is 3.36. The summed E-state index contributed by atoms with van der Waals surface area (Å²) in [6.07, 6.45) is 3.04. The van der Waals surface area contributed by atoms with Crippen molar-refractivity contribution in [2.24, 2.45) is 5.92 Å². The second-order valence-corrected chi connectivity index (χ2v) is 4.19. The Labute approximate surface area is 97.8 Å². The number of carbonyl (C=O) groups excluding carboxylic acids is 1. The van der Waals surface area contributed by atoms with Crippen molar-refractivity contribution < 1.29 is 14.7 Å². The molecule has 17 heavy (non-hydrogen) atoms. The first kappa shape index (κ1) is 11.6. The van der Waals surface area contributed by atoms with E-state index >= 15 is 0 Å². The number of hydrogen-bond acceptors (Lipinski definition) is 4. The number of rotatable bonds is 4. The van der Waals surface area contributed by atoms with Gasteiger partial charge in [0.1, 0.15) is 0 Å². The van der Waals surface area contributed by atoms with Gasteiger partial charge in [-0.25, -0.2) is 0 Å². The molecule has 1 aliphatic rings. The molecule has 1 amide bonds. The van der Waals surface area contributed by atoms with Crippen LogP contribution >= 0.6 is 0 Å². The van der Waals surface area contributed by atoms with Crippen LogP contribution in [0.4, 0.5) is 0 Å². The Morgan fingerprint density at radius 1 is 1.59 bits per heavy atom. The molecule has 2 rings (SSSR count). The van der Waals surface area contributed by atoms with E-state index in [1.807, 2.05) is 0 Å². The third-order valence-electron chi connectivity index (χ3n) is 2.97. The number of carboxylic acid groups (broad SMARTS) is 1. The molecular weight excluding hydrogens is 224 g/mol. The van der Waals surface area contributed by atoms with Gasteiger partial charge in [-0.3, -0.25) is 9.59 Å². The van der Waals surface area contributed by atoms with E-state index in [-0.39, 0.29) is 18.2 Å². The molecule has 1 aromatic heterocycles. The number of nitrogens with zero attached hydrogens (tertiary/aromatic N) is 3. The van der Waals surface area contributed by atoms with Crippen molar-refractivity contribution in [1.29, 1.82) is 0 Å². The Morgan fingerprint density at radius 2 is 2.41 bits per heavy atom. The fraction of sp³-hybridized carbons (Fsp3) is 0.600. The minimum absolute atomic E-state index is 0.142. The Balaban J connectivity index is 1.85. The van der Waals surface area contributed by atoms with Gasteiger partial charge in [0.15, 0.2) is 5.69 Å². The molecule has 0 spiro atoms. The van der Waals surface area contributed by atoms with Crippen molar-refractivity contribution in [1.82, 2.24) is 20.3 Å². The molecule has 2 heterocycles. The Morgan fingerprint density at radius 3 is 3.06 bits per heavy atom. The van der Waals surface area contributed by atoms with Gasteiger partial charge in [0.25, 0.3) is 5.91 Å². The van der Waals surface area contributed by atoms with Crippen molar-refractivity contribution in [3.05, 3.63) is 11.9 Å². The van der Waals surface area contributed by atoms with Gasteiger partial charge in [0, 0.05) is 19.5 Å². The van der Waals surface area contributed by atoms with Crippen molar-refractivity contribution in [2.45, 2.75) is 19.3 Å². The van der Waals surface area contributed by atoms with E-state index in [0.717, 1.165) is 6.42 Å². The standard InChI is InChI=1S/C10H14N4O3/c15-9(16)2-1-7-3-4-14(6-7)10(17)8-5-11-13-12-8/h5,7H,1-4,6H2,(H,15,16)(H,11,12,13). The highest BCUT2D eigenvalue weighted by Crippen LogP contribution is 2.22. The minimum Gasteiger partial charge on any atom is -0.481 e. The lowest BCUT2D eigenvalue weighted by molar-refractivity contribution is -0.137. The van der Waals surface area contributed by atoms with E-state index in [0.29, 0.717) is 25.2 Å². The van der Waals surface area contributed by atoms with Gasteiger partial charge >= 0.3 is 5.97 Å². The Bertz CT molecular complexity index is 404. The number of aliphatic carboxylic acids is 1. The van der Waals surface area contributed by atoms with E-state index in [2.05, 4.69) is 15.4 Å². The zero-order valence-electron chi connectivity index (χ0n) is 9.30. The normalized spacial score (nSPS) is 19.5. The molecule has 7 nitrogen and oxygen atoms in total. The molecule has 92 valence electrons. The van der Waals surface area contributed by atoms with Crippen LogP contribution in [0.15, 0.2) is 6.20 Å². The topological polar surface area (TPSA) is 99.2 Å². The summed E-state index contributed by atoms with van der Waals surface area (Å²) in [4.78, 5) is 24.0. The number of likely N-dealkylation sites (tertiary alicyclic amines) is 1. The maximum atomic E-state index is 11.9. The number of aromatic nitrogens is 3. The molecule has 0 aliphatic carbocycles. The van der Waals surface area contributed by atoms with Crippen LogP contribution in [0, 0.1) is 5.92 Å². The molecule has 1 unspecified atom stereocenters. The summed E-state index contributed by atoms with van der Waals surface area (Å²) in [7, 11) is 0. The molecule has 1 saturated heterocycles. The van der Waals surface area contributed by atoms with Gasteiger partial charge in [-0.1, -0.05) is 0 Å². The van der Waals surface area contributed by atoms with E-state index in [9.17, 15) is 9.59 Å². The quantitative estimate of drug-likeness (QED) is 0.776. The van der Waals surface area contributed by atoms with E-state index < -0.39 is 5.97 Å². The van der Waals surface area contributed by atoms with Crippen LogP contribution in [0.3, 0.4) is 0 Å². The summed E-state index contributed by atoms with van der Waals surface area (Å²) >= 11 is 0. The number of amides is 1. The van der Waals surface area contributed by atoms with Gasteiger partial charge < -0.3 is 10.0 Å². The van der Waals surface area contributed by atoms with Gasteiger partial charge in [-0.2, -0.15) is 15.4 Å². The Hall–Kier alpha value is -1.92. The number of hydrogen-bond donors (Lipinski definition) is 2. The van der Waals surface area contributed by atoms with Crippen LogP contribution in [-0.4, -0.2) is 50.4 Å². The van der Waals surface area contributed by atoms with Gasteiger partial charge in [-0.15, -0.1) is 0 Å². The third-order valence-corrected chi connectivity index (χ3v) is 2.97. The van der Waals surface area contributed by atoms with Crippen LogP contribution in [0.2, 0.25) is 0 Å². The third kappa shape index (κ3) is 2.80. The lowest BCUT2D eigenvalue weighted by Crippen LogP contribution is -2.29. The summed E-state index contributed by atoms with van der Waals surface area (Å²) in [6.45, 7) is 1.27. The molecule has 1 aliphatic heterocycles. The molecule has 0 aromatic carbocycles. The average molecular weight is 238 g/mol. The number of carbonyl (C=O) groups is 2. The molecule has 0 radical (unpaired) electrons. The maximum absolute atomic E-state index is 11.9. The summed E-state index contributed by atoms with van der Waals surface area (Å²) in [5.41, 5.74) is 0.309. The zero-order chi connectivity index (χ0) is 12.3. The predicted molar refractivity (Wildman–Crippen MR) is 57.3 cm³/mol. The van der Waals surface area contributed by atoms with Crippen molar-refractivity contribution in [3.8, 4) is 0 Å². The zero-order valence-corrected chi connectivity index (χ0v) is 9.30. The smallest absolute Gasteiger partial charge is 0.303 e. The predicted octanol–water partition coefficient (Wildman–Crippen LogP) is 0.132. The van der Waals surface area contributed by atoms with E-state index in [4.69, 9.17) is 5.11 Å². The largest absolute Gasteiger partial charge is 0.481 e. The monoisotopic (exact) mass is 238 g/mol. The van der Waals surface area contributed by atoms with Crippen molar-refractivity contribution in [2.75, 3.05) is 13.1 Å². The molecule has 0 bridgehead atoms. The average Bonchev–Trinajstić information content (AvgIpc) is 2.97. The number of nitrogens with one attached hydrogen (secondary N) is 1. The van der Waals surface area contributed by atoms with Crippen LogP contribution in [-0.2, 0) is 4.79 Å². The fourth-order valence-corrected chi connectivity index (χ4v) is 2.05. The first-order valence-electron chi connectivity index (χ1n) is 5.53. The summed E-state index contributed by atoms with van der Waals surface area (Å²) in [5.74, 6) is -0.648. The molecule has 1 atom stereocenters. The molecule has 2 N–H and O–H groups in total. The van der Waals surface area contributed by atoms with E-state index in [1.54, 1.807) is 4.90 Å². The second kappa shape index (κ2) is 4.94. The second-order valence-electron chi connectivity index (χ2n) is 4.19. The first-order valence-corrected chi connectivity index (χ1v) is 5.53. The van der Waals surface area contributed by atoms with E-state index in [1.165, 1.54) is 6.20 Å². The van der Waals surface area contributed by atoms with Crippen molar-refractivity contribution in [3.63, 3.8) is 0 Å². The summed E-state index contributed by atoms with van der Waals surface area (Å²) in [6, 6.07) is 0. The van der Waals surface area contributed by atoms with Gasteiger partial charge in [0.05, 0.1) is 6.20 Å². The highest BCUT2D eigenvalue weighted by molar-refractivity contribution is 5.92. The number of aromatic amines is 1. The minimum atomic E-state index is -0.786. The maximum Gasteiger partial charge on any atom is 0.303 e. The SMILES string of the molecule is O=C(O)CCC1CCN(C(=O)c2cn[nH]n2)C1. The lowest BCUT2D eigenvalue weighted by atomic mass is 10.0. The van der Waals surface area contributed by atoms with Crippen molar-refractivity contribution >= 4 is 11.9 Å². The molecule has 7 heteroatoms. The lowest BCUT2D eigenvalue weighted by Gasteiger charge is -2.14. The summed E-state index contributed by atoms with van der Waals surface area (Å²) < 4.78 is 0. The van der Waals surface area contributed by atoms with Gasteiger partial charge in [0.2, 0.25) is 0 Å². The fourth-order valence-electron chi connectivity index (χ4n) is 2.05. The first-order chi connectivity index (χ1) is 8.16. The van der Waals surface area contributed by atoms with Crippen LogP contribution in [0.1, 0.15) is 29.8 Å². The highest BCUT2D eigenvalue weighted by atomic mass is 16.4. The number of carboxylic acids is 1. The van der Waals surface area contributed by atoms with Crippen LogP contribution < -0.4 is 0 Å². The van der Waals surface area contributed by atoms with Crippen LogP contribution in [0.5, 0.6) is 0 Å². The van der Waals surface area contributed by atoms with Gasteiger partial charge in [-0.05, 0) is 18.8 Å². The molecule has 1 fully saturated rings. The van der Waals surface area contributed by atoms with Crippen LogP contribution in [0.25, 0.3) is 0 Å². The molecule has 1 aromatic rings. The molecular formula is C10H14N4O3. The molecule has 0 saturated carbocycles. The number of H-pyrrole nitrogens is 1.